The van der Waals surface area contributed by atoms with Gasteiger partial charge >= 0.3 is 0 Å². The second-order valence-electron chi connectivity index (χ2n) is 3.56. The Hall–Kier alpha value is -0.830. The molecular formula is C13H11BrClN. The maximum absolute atomic E-state index is 6.17. The number of benzene rings is 2. The van der Waals surface area contributed by atoms with E-state index in [1.165, 1.54) is 0 Å². The molecule has 0 heterocycles. The van der Waals surface area contributed by atoms with Gasteiger partial charge in [0.15, 0.2) is 0 Å². The summed E-state index contributed by atoms with van der Waals surface area (Å²) in [5.74, 6) is 0. The van der Waals surface area contributed by atoms with E-state index in [0.29, 0.717) is 5.02 Å². The molecule has 0 bridgehead atoms. The van der Waals surface area contributed by atoms with E-state index in [4.69, 9.17) is 17.3 Å². The third-order valence-electron chi connectivity index (χ3n) is 2.46. The SMILES string of the molecule is NC(c1ccccc1)c1ccc(Cl)c(Br)c1. The Balaban J connectivity index is 2.34. The molecule has 2 aromatic rings. The van der Waals surface area contributed by atoms with Crippen molar-refractivity contribution in [1.82, 2.24) is 0 Å². The van der Waals surface area contributed by atoms with E-state index in [-0.39, 0.29) is 6.04 Å². The normalized spacial score (nSPS) is 12.4. The fourth-order valence-electron chi connectivity index (χ4n) is 1.56. The summed E-state index contributed by atoms with van der Waals surface area (Å²) in [7, 11) is 0. The van der Waals surface area contributed by atoms with Gasteiger partial charge in [-0.05, 0) is 39.2 Å². The molecule has 0 amide bonds. The zero-order chi connectivity index (χ0) is 11.5. The monoisotopic (exact) mass is 295 g/mol. The summed E-state index contributed by atoms with van der Waals surface area (Å²) in [5, 5.41) is 0.698. The smallest absolute Gasteiger partial charge is 0.0552 e. The van der Waals surface area contributed by atoms with Crippen LogP contribution in [0.25, 0.3) is 0 Å². The fourth-order valence-corrected chi connectivity index (χ4v) is 2.07. The van der Waals surface area contributed by atoms with Crippen molar-refractivity contribution >= 4 is 27.5 Å². The van der Waals surface area contributed by atoms with Crippen LogP contribution < -0.4 is 5.73 Å². The lowest BCUT2D eigenvalue weighted by Gasteiger charge is -2.13. The largest absolute Gasteiger partial charge is 0.320 e. The van der Waals surface area contributed by atoms with Crippen molar-refractivity contribution in [3.63, 3.8) is 0 Å². The average Bonchev–Trinajstić information content (AvgIpc) is 2.33. The fraction of sp³-hybridized carbons (Fsp3) is 0.0769. The molecule has 1 unspecified atom stereocenters. The second-order valence-corrected chi connectivity index (χ2v) is 4.82. The third kappa shape index (κ3) is 2.46. The van der Waals surface area contributed by atoms with Gasteiger partial charge in [0.25, 0.3) is 0 Å². The van der Waals surface area contributed by atoms with Gasteiger partial charge in [-0.1, -0.05) is 48.0 Å². The minimum Gasteiger partial charge on any atom is -0.320 e. The number of hydrogen-bond donors (Lipinski definition) is 1. The van der Waals surface area contributed by atoms with Crippen LogP contribution in [0.4, 0.5) is 0 Å². The van der Waals surface area contributed by atoms with Crippen molar-refractivity contribution in [2.45, 2.75) is 6.04 Å². The highest BCUT2D eigenvalue weighted by molar-refractivity contribution is 9.10. The molecule has 0 spiro atoms. The van der Waals surface area contributed by atoms with E-state index in [0.717, 1.165) is 15.6 Å². The molecule has 1 nitrogen and oxygen atoms in total. The Morgan fingerprint density at radius 2 is 1.69 bits per heavy atom. The molecule has 0 aliphatic carbocycles. The Morgan fingerprint density at radius 1 is 1.00 bits per heavy atom. The summed E-state index contributed by atoms with van der Waals surface area (Å²) in [6, 6.07) is 15.6. The first-order chi connectivity index (χ1) is 7.68. The zero-order valence-corrected chi connectivity index (χ0v) is 10.9. The van der Waals surface area contributed by atoms with Crippen molar-refractivity contribution in [1.29, 1.82) is 0 Å². The molecule has 0 radical (unpaired) electrons. The van der Waals surface area contributed by atoms with Crippen LogP contribution in [0.3, 0.4) is 0 Å². The molecule has 2 N–H and O–H groups in total. The summed E-state index contributed by atoms with van der Waals surface area (Å²) in [4.78, 5) is 0. The predicted octanol–water partition coefficient (Wildman–Crippen LogP) is 4.15. The van der Waals surface area contributed by atoms with E-state index in [1.54, 1.807) is 0 Å². The molecule has 0 saturated carbocycles. The Morgan fingerprint density at radius 3 is 2.31 bits per heavy atom. The van der Waals surface area contributed by atoms with Crippen LogP contribution in [0.15, 0.2) is 53.0 Å². The van der Waals surface area contributed by atoms with Gasteiger partial charge < -0.3 is 5.73 Å². The first kappa shape index (κ1) is 11.6. The predicted molar refractivity (Wildman–Crippen MR) is 71.6 cm³/mol. The lowest BCUT2D eigenvalue weighted by molar-refractivity contribution is 0.870. The van der Waals surface area contributed by atoms with Gasteiger partial charge in [0.05, 0.1) is 11.1 Å². The van der Waals surface area contributed by atoms with Crippen molar-refractivity contribution in [3.8, 4) is 0 Å². The first-order valence-corrected chi connectivity index (χ1v) is 6.11. The molecule has 2 aromatic carbocycles. The number of nitrogens with two attached hydrogens (primary N) is 1. The average molecular weight is 297 g/mol. The van der Waals surface area contributed by atoms with Gasteiger partial charge in [-0.3, -0.25) is 0 Å². The standard InChI is InChI=1S/C13H11BrClN/c14-11-8-10(6-7-12(11)15)13(16)9-4-2-1-3-5-9/h1-8,13H,16H2. The maximum atomic E-state index is 6.17. The molecule has 0 aliphatic heterocycles. The van der Waals surface area contributed by atoms with Crippen LogP contribution in [0, 0.1) is 0 Å². The van der Waals surface area contributed by atoms with Crippen molar-refractivity contribution in [2.24, 2.45) is 5.73 Å². The van der Waals surface area contributed by atoms with E-state index >= 15 is 0 Å². The van der Waals surface area contributed by atoms with Crippen LogP contribution in [0.5, 0.6) is 0 Å². The molecule has 16 heavy (non-hydrogen) atoms. The van der Waals surface area contributed by atoms with E-state index < -0.39 is 0 Å². The van der Waals surface area contributed by atoms with Gasteiger partial charge in [0.1, 0.15) is 0 Å². The van der Waals surface area contributed by atoms with Crippen LogP contribution in [0.1, 0.15) is 17.2 Å². The van der Waals surface area contributed by atoms with E-state index in [1.807, 2.05) is 48.5 Å². The highest BCUT2D eigenvalue weighted by Gasteiger charge is 2.09. The van der Waals surface area contributed by atoms with Gasteiger partial charge in [-0.25, -0.2) is 0 Å². The highest BCUT2D eigenvalue weighted by atomic mass is 79.9. The first-order valence-electron chi connectivity index (χ1n) is 4.94. The van der Waals surface area contributed by atoms with Crippen LogP contribution in [-0.2, 0) is 0 Å². The van der Waals surface area contributed by atoms with Crippen LogP contribution >= 0.6 is 27.5 Å². The summed E-state index contributed by atoms with van der Waals surface area (Å²) in [6.07, 6.45) is 0. The zero-order valence-electron chi connectivity index (χ0n) is 8.53. The molecule has 0 saturated heterocycles. The number of rotatable bonds is 2. The minimum absolute atomic E-state index is 0.116. The lowest BCUT2D eigenvalue weighted by atomic mass is 10.00. The summed E-state index contributed by atoms with van der Waals surface area (Å²) in [6.45, 7) is 0. The molecular weight excluding hydrogens is 286 g/mol. The van der Waals surface area contributed by atoms with Gasteiger partial charge in [-0.15, -0.1) is 0 Å². The van der Waals surface area contributed by atoms with Gasteiger partial charge in [0.2, 0.25) is 0 Å². The second kappa shape index (κ2) is 5.00. The summed E-state index contributed by atoms with van der Waals surface area (Å²) in [5.41, 5.74) is 8.31. The number of halogens is 2. The Kier molecular flexibility index (Phi) is 3.64. The highest BCUT2D eigenvalue weighted by Crippen LogP contribution is 2.27. The van der Waals surface area contributed by atoms with E-state index in [9.17, 15) is 0 Å². The minimum atomic E-state index is -0.116. The van der Waals surface area contributed by atoms with Crippen LogP contribution in [0.2, 0.25) is 5.02 Å². The molecule has 0 fully saturated rings. The van der Waals surface area contributed by atoms with Gasteiger partial charge in [-0.2, -0.15) is 0 Å². The Bertz CT molecular complexity index is 485. The van der Waals surface area contributed by atoms with Crippen molar-refractivity contribution in [2.75, 3.05) is 0 Å². The molecule has 0 aromatic heterocycles. The van der Waals surface area contributed by atoms with Crippen molar-refractivity contribution < 1.29 is 0 Å². The topological polar surface area (TPSA) is 26.0 Å². The molecule has 82 valence electrons. The van der Waals surface area contributed by atoms with Gasteiger partial charge in [0, 0.05) is 4.47 Å². The molecule has 3 heteroatoms. The summed E-state index contributed by atoms with van der Waals surface area (Å²) >= 11 is 9.34. The third-order valence-corrected chi connectivity index (χ3v) is 3.68. The lowest BCUT2D eigenvalue weighted by Crippen LogP contribution is -2.11. The summed E-state index contributed by atoms with van der Waals surface area (Å²) < 4.78 is 0.873. The maximum Gasteiger partial charge on any atom is 0.0552 e. The van der Waals surface area contributed by atoms with E-state index in [2.05, 4.69) is 15.9 Å². The number of hydrogen-bond acceptors (Lipinski definition) is 1. The Labute approximate surface area is 108 Å². The van der Waals surface area contributed by atoms with Crippen LogP contribution in [-0.4, -0.2) is 0 Å². The molecule has 2 rings (SSSR count). The van der Waals surface area contributed by atoms with Crippen molar-refractivity contribution in [3.05, 3.63) is 69.2 Å². The molecule has 0 aliphatic rings. The molecule has 1 atom stereocenters. The quantitative estimate of drug-likeness (QED) is 0.885.